The number of esters is 1. The zero-order chi connectivity index (χ0) is 20.5. The van der Waals surface area contributed by atoms with Gasteiger partial charge < -0.3 is 9.84 Å². The normalized spacial score (nSPS) is 11.6. The molecule has 0 radical (unpaired) electrons. The SMILES string of the molecule is C=CC(=O)OCCc1cc(-n2nc3ccc(Cl)cc3n2)c(O)c(C(C)(C)C)c1. The van der Waals surface area contributed by atoms with Crippen LogP contribution in [0.2, 0.25) is 5.02 Å². The summed E-state index contributed by atoms with van der Waals surface area (Å²) in [4.78, 5) is 12.7. The third-order valence-electron chi connectivity index (χ3n) is 4.32. The molecule has 2 aromatic carbocycles. The number of halogens is 1. The van der Waals surface area contributed by atoms with Crippen molar-refractivity contribution < 1.29 is 14.6 Å². The van der Waals surface area contributed by atoms with Crippen LogP contribution < -0.4 is 0 Å². The summed E-state index contributed by atoms with van der Waals surface area (Å²) in [7, 11) is 0. The van der Waals surface area contributed by atoms with Gasteiger partial charge in [0.2, 0.25) is 0 Å². The second-order valence-corrected chi connectivity index (χ2v) is 7.94. The molecule has 1 N–H and O–H groups in total. The first-order chi connectivity index (χ1) is 13.2. The van der Waals surface area contributed by atoms with Gasteiger partial charge in [0.1, 0.15) is 22.5 Å². The van der Waals surface area contributed by atoms with Crippen molar-refractivity contribution in [1.29, 1.82) is 0 Å². The molecule has 1 heterocycles. The molecule has 7 heteroatoms. The van der Waals surface area contributed by atoms with Gasteiger partial charge in [-0.15, -0.1) is 15.0 Å². The van der Waals surface area contributed by atoms with Crippen LogP contribution in [0.25, 0.3) is 16.7 Å². The van der Waals surface area contributed by atoms with Crippen molar-refractivity contribution in [3.05, 3.63) is 59.1 Å². The number of rotatable bonds is 5. The lowest BCUT2D eigenvalue weighted by atomic mass is 9.84. The molecule has 6 nitrogen and oxygen atoms in total. The standard InChI is InChI=1S/C21H22ClN3O3/c1-5-19(26)28-9-8-13-10-15(21(2,3)4)20(27)18(11-13)25-23-16-7-6-14(22)12-17(16)24-25/h5-7,10-12,27H,1,8-9H2,2-4H3. The minimum Gasteiger partial charge on any atom is -0.505 e. The van der Waals surface area contributed by atoms with E-state index in [1.807, 2.05) is 26.8 Å². The summed E-state index contributed by atoms with van der Waals surface area (Å²) in [5, 5.41) is 20.4. The summed E-state index contributed by atoms with van der Waals surface area (Å²) in [5.74, 6) is -0.349. The predicted molar refractivity (Wildman–Crippen MR) is 109 cm³/mol. The summed E-state index contributed by atoms with van der Waals surface area (Å²) in [6.45, 7) is 9.64. The van der Waals surface area contributed by atoms with E-state index in [9.17, 15) is 9.90 Å². The number of benzene rings is 2. The van der Waals surface area contributed by atoms with E-state index in [-0.39, 0.29) is 17.8 Å². The Morgan fingerprint density at radius 3 is 2.64 bits per heavy atom. The smallest absolute Gasteiger partial charge is 0.330 e. The Morgan fingerprint density at radius 2 is 1.96 bits per heavy atom. The average molecular weight is 400 g/mol. The van der Waals surface area contributed by atoms with Gasteiger partial charge in [-0.2, -0.15) is 0 Å². The molecular weight excluding hydrogens is 378 g/mol. The van der Waals surface area contributed by atoms with Crippen molar-refractivity contribution in [3.63, 3.8) is 0 Å². The van der Waals surface area contributed by atoms with E-state index in [1.165, 1.54) is 4.80 Å². The number of carbonyl (C=O) groups excluding carboxylic acids is 1. The van der Waals surface area contributed by atoms with E-state index in [2.05, 4.69) is 16.8 Å². The fourth-order valence-corrected chi connectivity index (χ4v) is 3.04. The monoisotopic (exact) mass is 399 g/mol. The summed E-state index contributed by atoms with van der Waals surface area (Å²) < 4.78 is 5.09. The number of phenolic OH excluding ortho intramolecular Hbond substituents is 1. The number of hydrogen-bond donors (Lipinski definition) is 1. The Hall–Kier alpha value is -2.86. The lowest BCUT2D eigenvalue weighted by Crippen LogP contribution is -2.14. The highest BCUT2D eigenvalue weighted by Gasteiger charge is 2.23. The van der Waals surface area contributed by atoms with Crippen LogP contribution in [0.4, 0.5) is 0 Å². The molecule has 0 bridgehead atoms. The molecule has 0 aliphatic rings. The molecule has 146 valence electrons. The summed E-state index contributed by atoms with van der Waals surface area (Å²) in [6.07, 6.45) is 1.62. The predicted octanol–water partition coefficient (Wildman–Crippen LogP) is 4.35. The molecule has 28 heavy (non-hydrogen) atoms. The minimum absolute atomic E-state index is 0.116. The van der Waals surface area contributed by atoms with Crippen LogP contribution in [0.3, 0.4) is 0 Å². The van der Waals surface area contributed by atoms with E-state index in [1.54, 1.807) is 24.3 Å². The van der Waals surface area contributed by atoms with Gasteiger partial charge in [-0.25, -0.2) is 4.79 Å². The number of phenols is 1. The van der Waals surface area contributed by atoms with Crippen molar-refractivity contribution in [1.82, 2.24) is 15.0 Å². The largest absolute Gasteiger partial charge is 0.505 e. The van der Waals surface area contributed by atoms with Crippen molar-refractivity contribution >= 4 is 28.6 Å². The van der Waals surface area contributed by atoms with Crippen LogP contribution in [-0.4, -0.2) is 32.7 Å². The number of hydrogen-bond acceptors (Lipinski definition) is 5. The Morgan fingerprint density at radius 1 is 1.25 bits per heavy atom. The van der Waals surface area contributed by atoms with Crippen LogP contribution in [0.1, 0.15) is 31.9 Å². The van der Waals surface area contributed by atoms with E-state index in [0.717, 1.165) is 17.2 Å². The highest BCUT2D eigenvalue weighted by molar-refractivity contribution is 6.31. The van der Waals surface area contributed by atoms with E-state index in [0.29, 0.717) is 28.2 Å². The van der Waals surface area contributed by atoms with E-state index < -0.39 is 5.97 Å². The minimum atomic E-state index is -0.466. The number of aromatic nitrogens is 3. The highest BCUT2D eigenvalue weighted by atomic mass is 35.5. The number of fused-ring (bicyclic) bond motifs is 1. The quantitative estimate of drug-likeness (QED) is 0.509. The van der Waals surface area contributed by atoms with Crippen molar-refractivity contribution in [3.8, 4) is 11.4 Å². The Balaban J connectivity index is 2.06. The maximum Gasteiger partial charge on any atom is 0.330 e. The molecule has 0 saturated carbocycles. The molecule has 0 amide bonds. The molecule has 0 aliphatic carbocycles. The number of ether oxygens (including phenoxy) is 1. The molecule has 0 aliphatic heterocycles. The van der Waals surface area contributed by atoms with Crippen LogP contribution in [0.5, 0.6) is 5.75 Å². The molecular formula is C21H22ClN3O3. The summed E-state index contributed by atoms with van der Waals surface area (Å²) in [5.41, 5.74) is 3.12. The second-order valence-electron chi connectivity index (χ2n) is 7.51. The molecule has 0 spiro atoms. The fourth-order valence-electron chi connectivity index (χ4n) is 2.87. The number of carbonyl (C=O) groups is 1. The lowest BCUT2D eigenvalue weighted by molar-refractivity contribution is -0.137. The molecule has 0 unspecified atom stereocenters. The van der Waals surface area contributed by atoms with Gasteiger partial charge in [0, 0.05) is 23.1 Å². The van der Waals surface area contributed by atoms with Gasteiger partial charge in [-0.05, 0) is 35.2 Å². The van der Waals surface area contributed by atoms with Crippen LogP contribution in [0, 0.1) is 0 Å². The van der Waals surface area contributed by atoms with Crippen LogP contribution in [-0.2, 0) is 21.4 Å². The Kier molecular flexibility index (Phi) is 5.42. The van der Waals surface area contributed by atoms with Gasteiger partial charge in [-0.1, -0.05) is 45.0 Å². The summed E-state index contributed by atoms with van der Waals surface area (Å²) in [6, 6.07) is 8.96. The number of nitrogens with zero attached hydrogens (tertiary/aromatic N) is 3. The maximum atomic E-state index is 11.3. The van der Waals surface area contributed by atoms with Crippen LogP contribution in [0.15, 0.2) is 43.0 Å². The van der Waals surface area contributed by atoms with Gasteiger partial charge in [-0.3, -0.25) is 0 Å². The fraction of sp³-hybridized carbons (Fsp3) is 0.286. The molecule has 3 rings (SSSR count). The van der Waals surface area contributed by atoms with Gasteiger partial charge in [0.25, 0.3) is 0 Å². The van der Waals surface area contributed by atoms with Crippen molar-refractivity contribution in [2.75, 3.05) is 6.61 Å². The highest BCUT2D eigenvalue weighted by Crippen LogP contribution is 2.36. The third-order valence-corrected chi connectivity index (χ3v) is 4.55. The maximum absolute atomic E-state index is 11.3. The second kappa shape index (κ2) is 7.64. The van der Waals surface area contributed by atoms with Gasteiger partial charge in [0.15, 0.2) is 0 Å². The first-order valence-corrected chi connectivity index (χ1v) is 9.25. The van der Waals surface area contributed by atoms with Gasteiger partial charge >= 0.3 is 5.97 Å². The Labute approximate surface area is 168 Å². The van der Waals surface area contributed by atoms with Crippen molar-refractivity contribution in [2.45, 2.75) is 32.6 Å². The lowest BCUT2D eigenvalue weighted by Gasteiger charge is -2.23. The zero-order valence-corrected chi connectivity index (χ0v) is 16.8. The zero-order valence-electron chi connectivity index (χ0n) is 16.1. The first kappa shape index (κ1) is 19.9. The third kappa shape index (κ3) is 4.17. The molecule has 0 saturated heterocycles. The van der Waals surface area contributed by atoms with E-state index in [4.69, 9.17) is 16.3 Å². The summed E-state index contributed by atoms with van der Waals surface area (Å²) >= 11 is 6.04. The Bertz CT molecular complexity index is 1050. The topological polar surface area (TPSA) is 77.2 Å². The molecule has 0 atom stereocenters. The molecule has 0 fully saturated rings. The number of aromatic hydroxyl groups is 1. The van der Waals surface area contributed by atoms with Gasteiger partial charge in [0.05, 0.1) is 6.61 Å². The van der Waals surface area contributed by atoms with E-state index >= 15 is 0 Å². The molecule has 3 aromatic rings. The van der Waals surface area contributed by atoms with Crippen LogP contribution >= 0.6 is 11.6 Å². The molecule has 1 aromatic heterocycles. The van der Waals surface area contributed by atoms with Crippen molar-refractivity contribution in [2.24, 2.45) is 0 Å². The average Bonchev–Trinajstić information content (AvgIpc) is 3.04. The first-order valence-electron chi connectivity index (χ1n) is 8.87.